The summed E-state index contributed by atoms with van der Waals surface area (Å²) in [6, 6.07) is 9.30. The van der Waals surface area contributed by atoms with Gasteiger partial charge in [-0.05, 0) is 75.6 Å². The van der Waals surface area contributed by atoms with Crippen LogP contribution in [-0.4, -0.2) is 21.1 Å². The van der Waals surface area contributed by atoms with E-state index in [1.54, 1.807) is 0 Å². The second-order valence-corrected chi connectivity index (χ2v) is 10.6. The van der Waals surface area contributed by atoms with E-state index >= 15 is 0 Å². The number of hydrogen-bond donors (Lipinski definition) is 0. The van der Waals surface area contributed by atoms with Gasteiger partial charge in [0.25, 0.3) is 0 Å². The minimum absolute atomic E-state index is 0.143. The number of rotatable bonds is 11. The molecule has 0 radical (unpaired) electrons. The number of esters is 1. The minimum atomic E-state index is -0.462. The van der Waals surface area contributed by atoms with E-state index in [1.807, 2.05) is 20.8 Å². The van der Waals surface area contributed by atoms with E-state index < -0.39 is 5.60 Å². The lowest BCUT2D eigenvalue weighted by Gasteiger charge is -2.19. The summed E-state index contributed by atoms with van der Waals surface area (Å²) < 4.78 is 8.03. The van der Waals surface area contributed by atoms with Crippen molar-refractivity contribution in [1.82, 2.24) is 9.55 Å². The first kappa shape index (κ1) is 27.0. The number of benzene rings is 1. The van der Waals surface area contributed by atoms with Crippen LogP contribution in [0, 0.1) is 0 Å². The van der Waals surface area contributed by atoms with Crippen LogP contribution in [0.25, 0.3) is 22.2 Å². The molecule has 4 nitrogen and oxygen atoms in total. The number of pyridine rings is 1. The molecule has 4 heteroatoms. The molecule has 0 spiro atoms. The third-order valence-corrected chi connectivity index (χ3v) is 6.71. The first-order chi connectivity index (χ1) is 16.7. The van der Waals surface area contributed by atoms with Gasteiger partial charge in [0.1, 0.15) is 5.60 Å². The van der Waals surface area contributed by atoms with E-state index in [9.17, 15) is 4.79 Å². The quantitative estimate of drug-likeness (QED) is 0.262. The zero-order valence-corrected chi connectivity index (χ0v) is 22.9. The molecule has 190 valence electrons. The Labute approximate surface area is 212 Å². The highest BCUT2D eigenvalue weighted by molar-refractivity contribution is 5.88. The zero-order valence-electron chi connectivity index (χ0n) is 22.9. The highest BCUT2D eigenvalue weighted by Crippen LogP contribution is 2.34. The SMILES string of the molecule is CCCC(CCC)n1cc(CCC(=O)OC(C)(C)C)c2cc(-c3c(CC)cccc3CC)ncc21. The van der Waals surface area contributed by atoms with Crippen molar-refractivity contribution < 1.29 is 9.53 Å². The minimum Gasteiger partial charge on any atom is -0.460 e. The van der Waals surface area contributed by atoms with Crippen LogP contribution in [-0.2, 0) is 28.8 Å². The second kappa shape index (κ2) is 11.9. The molecule has 0 atom stereocenters. The van der Waals surface area contributed by atoms with E-state index in [4.69, 9.17) is 9.72 Å². The zero-order chi connectivity index (χ0) is 25.6. The molecule has 0 aliphatic heterocycles. The molecule has 35 heavy (non-hydrogen) atoms. The van der Waals surface area contributed by atoms with Crippen molar-refractivity contribution in [3.63, 3.8) is 0 Å². The smallest absolute Gasteiger partial charge is 0.306 e. The van der Waals surface area contributed by atoms with Crippen molar-refractivity contribution in [1.29, 1.82) is 0 Å². The van der Waals surface area contributed by atoms with Crippen LogP contribution in [0.15, 0.2) is 36.7 Å². The van der Waals surface area contributed by atoms with Crippen LogP contribution in [0.1, 0.15) is 103 Å². The van der Waals surface area contributed by atoms with Gasteiger partial charge in [-0.25, -0.2) is 0 Å². The van der Waals surface area contributed by atoms with Gasteiger partial charge in [0.05, 0.1) is 17.4 Å². The normalized spacial score (nSPS) is 12.0. The van der Waals surface area contributed by atoms with Gasteiger partial charge >= 0.3 is 5.97 Å². The van der Waals surface area contributed by atoms with Crippen molar-refractivity contribution in [2.45, 2.75) is 111 Å². The molecule has 1 aromatic carbocycles. The van der Waals surface area contributed by atoms with E-state index in [-0.39, 0.29) is 5.97 Å². The van der Waals surface area contributed by atoms with Gasteiger partial charge in [0, 0.05) is 29.6 Å². The molecular weight excluding hydrogens is 432 g/mol. The topological polar surface area (TPSA) is 44.1 Å². The number of aromatic nitrogens is 2. The predicted molar refractivity (Wildman–Crippen MR) is 147 cm³/mol. The number of aryl methyl sites for hydroxylation is 3. The van der Waals surface area contributed by atoms with Gasteiger partial charge < -0.3 is 9.30 Å². The molecule has 0 aliphatic carbocycles. The standard InChI is InChI=1S/C31H44N2O2/c1-8-13-25(14-9-2)33-21-24(17-18-29(34)35-31(5,6)7)26-19-27(32-20-28(26)33)30-22(10-3)15-12-16-23(30)11-4/h12,15-16,19-21,25H,8-11,13-14,17-18H2,1-7H3. The monoisotopic (exact) mass is 476 g/mol. The second-order valence-electron chi connectivity index (χ2n) is 10.6. The van der Waals surface area contributed by atoms with E-state index in [0.717, 1.165) is 44.2 Å². The molecule has 2 heterocycles. The predicted octanol–water partition coefficient (Wildman–Crippen LogP) is 8.24. The van der Waals surface area contributed by atoms with E-state index in [2.05, 4.69) is 68.9 Å². The van der Waals surface area contributed by atoms with Crippen LogP contribution in [0.4, 0.5) is 0 Å². The maximum Gasteiger partial charge on any atom is 0.306 e. The Hall–Kier alpha value is -2.62. The summed E-state index contributed by atoms with van der Waals surface area (Å²) in [6.45, 7) is 14.7. The molecule has 0 bridgehead atoms. The Morgan fingerprint density at radius 3 is 2.17 bits per heavy atom. The van der Waals surface area contributed by atoms with Gasteiger partial charge in [-0.15, -0.1) is 0 Å². The first-order valence-electron chi connectivity index (χ1n) is 13.5. The number of carbonyl (C=O) groups is 1. The summed E-state index contributed by atoms with van der Waals surface area (Å²) in [5.74, 6) is -0.143. The summed E-state index contributed by atoms with van der Waals surface area (Å²) >= 11 is 0. The van der Waals surface area contributed by atoms with Crippen LogP contribution in [0.2, 0.25) is 0 Å². The molecule has 2 aromatic heterocycles. The van der Waals surface area contributed by atoms with Crippen molar-refractivity contribution >= 4 is 16.9 Å². The first-order valence-corrected chi connectivity index (χ1v) is 13.5. The van der Waals surface area contributed by atoms with Crippen LogP contribution in [0.5, 0.6) is 0 Å². The molecule has 0 saturated carbocycles. The Balaban J connectivity index is 2.11. The Morgan fingerprint density at radius 1 is 1.00 bits per heavy atom. The number of hydrogen-bond acceptors (Lipinski definition) is 3. The Bertz CT molecular complexity index is 1110. The highest BCUT2D eigenvalue weighted by atomic mass is 16.6. The molecule has 0 saturated heterocycles. The van der Waals surface area contributed by atoms with Crippen LogP contribution < -0.4 is 0 Å². The highest BCUT2D eigenvalue weighted by Gasteiger charge is 2.20. The number of nitrogens with zero attached hydrogens (tertiary/aromatic N) is 2. The van der Waals surface area contributed by atoms with Gasteiger partial charge in [0.2, 0.25) is 0 Å². The maximum absolute atomic E-state index is 12.5. The molecule has 0 amide bonds. The molecule has 0 unspecified atom stereocenters. The third-order valence-electron chi connectivity index (χ3n) is 6.71. The summed E-state index contributed by atoms with van der Waals surface area (Å²) in [4.78, 5) is 17.5. The fourth-order valence-electron chi connectivity index (χ4n) is 5.15. The van der Waals surface area contributed by atoms with Gasteiger partial charge in [-0.1, -0.05) is 58.7 Å². The Morgan fingerprint density at radius 2 is 1.63 bits per heavy atom. The summed E-state index contributed by atoms with van der Waals surface area (Å²) in [7, 11) is 0. The third kappa shape index (κ3) is 6.54. The largest absolute Gasteiger partial charge is 0.460 e. The molecule has 0 N–H and O–H groups in total. The Kier molecular flexibility index (Phi) is 9.15. The maximum atomic E-state index is 12.5. The summed E-state index contributed by atoms with van der Waals surface area (Å²) in [6.07, 6.45) is 11.9. The van der Waals surface area contributed by atoms with Crippen molar-refractivity contribution in [2.24, 2.45) is 0 Å². The van der Waals surface area contributed by atoms with Crippen LogP contribution in [0.3, 0.4) is 0 Å². The molecule has 3 rings (SSSR count). The van der Waals surface area contributed by atoms with Gasteiger partial charge in [-0.3, -0.25) is 9.78 Å². The van der Waals surface area contributed by atoms with Crippen molar-refractivity contribution in [2.75, 3.05) is 0 Å². The fourth-order valence-corrected chi connectivity index (χ4v) is 5.15. The van der Waals surface area contributed by atoms with Crippen LogP contribution >= 0.6 is 0 Å². The number of carbonyl (C=O) groups excluding carboxylic acids is 1. The fraction of sp³-hybridized carbons (Fsp3) is 0.548. The summed E-state index contributed by atoms with van der Waals surface area (Å²) in [5, 5.41) is 1.21. The van der Waals surface area contributed by atoms with Gasteiger partial charge in [0.15, 0.2) is 0 Å². The molecular formula is C31H44N2O2. The lowest BCUT2D eigenvalue weighted by atomic mass is 9.94. The number of fused-ring (bicyclic) bond motifs is 1. The van der Waals surface area contributed by atoms with E-state index in [0.29, 0.717) is 18.9 Å². The van der Waals surface area contributed by atoms with Gasteiger partial charge in [-0.2, -0.15) is 0 Å². The van der Waals surface area contributed by atoms with E-state index in [1.165, 1.54) is 33.2 Å². The van der Waals surface area contributed by atoms with Crippen molar-refractivity contribution in [3.05, 3.63) is 53.3 Å². The lowest BCUT2D eigenvalue weighted by Crippen LogP contribution is -2.24. The average molecular weight is 477 g/mol. The molecule has 0 aliphatic rings. The molecule has 0 fully saturated rings. The van der Waals surface area contributed by atoms with Crippen molar-refractivity contribution in [3.8, 4) is 11.3 Å². The lowest BCUT2D eigenvalue weighted by molar-refractivity contribution is -0.154. The number of ether oxygens (including phenoxy) is 1. The average Bonchev–Trinajstić information content (AvgIpc) is 3.18. The summed E-state index contributed by atoms with van der Waals surface area (Å²) in [5.41, 5.74) is 6.89. The molecule has 3 aromatic rings.